The van der Waals surface area contributed by atoms with Gasteiger partial charge in [0.15, 0.2) is 0 Å². The number of benzene rings is 1. The molecule has 0 saturated heterocycles. The van der Waals surface area contributed by atoms with Gasteiger partial charge in [0.05, 0.1) is 0 Å². The van der Waals surface area contributed by atoms with Crippen molar-refractivity contribution in [3.05, 3.63) is 57.8 Å². The monoisotopic (exact) mass is 275 g/mol. The smallest absolute Gasteiger partial charge is 0.104 e. The Bertz CT molecular complexity index is 481. The lowest BCUT2D eigenvalue weighted by Gasteiger charge is -2.14. The van der Waals surface area contributed by atoms with Gasteiger partial charge in [-0.15, -0.1) is 11.3 Å². The molecule has 0 spiro atoms. The molecule has 2 nitrogen and oxygen atoms in total. The van der Waals surface area contributed by atoms with Crippen LogP contribution in [0.4, 0.5) is 0 Å². The van der Waals surface area contributed by atoms with E-state index in [0.29, 0.717) is 6.54 Å². The van der Waals surface area contributed by atoms with Gasteiger partial charge in [0.2, 0.25) is 0 Å². The topological polar surface area (TPSA) is 35.2 Å². The summed E-state index contributed by atoms with van der Waals surface area (Å²) >= 11 is 1.77. The normalized spacial score (nSPS) is 12.5. The molecule has 0 aliphatic heterocycles. The fourth-order valence-corrected chi connectivity index (χ4v) is 2.98. The molecule has 3 heteroatoms. The van der Waals surface area contributed by atoms with Crippen LogP contribution in [-0.4, -0.2) is 13.2 Å². The Morgan fingerprint density at radius 1 is 1.16 bits per heavy atom. The van der Waals surface area contributed by atoms with E-state index in [0.717, 1.165) is 19.4 Å². The average Bonchev–Trinajstić information content (AvgIpc) is 2.86. The van der Waals surface area contributed by atoms with Crippen molar-refractivity contribution >= 4 is 11.3 Å². The summed E-state index contributed by atoms with van der Waals surface area (Å²) in [6.45, 7) is 3.41. The van der Waals surface area contributed by atoms with Gasteiger partial charge in [-0.2, -0.15) is 0 Å². The zero-order chi connectivity index (χ0) is 13.5. The fraction of sp³-hybridized carbons (Fsp3) is 0.375. The van der Waals surface area contributed by atoms with Crippen LogP contribution in [0.3, 0.4) is 0 Å². The highest BCUT2D eigenvalue weighted by molar-refractivity contribution is 7.12. The lowest BCUT2D eigenvalue weighted by molar-refractivity contribution is 0.0595. The molecule has 0 aliphatic carbocycles. The summed E-state index contributed by atoms with van der Waals surface area (Å²) in [5.74, 6) is 0. The Labute approximate surface area is 119 Å². The first-order valence-electron chi connectivity index (χ1n) is 6.71. The van der Waals surface area contributed by atoms with E-state index in [1.54, 1.807) is 11.3 Å². The third kappa shape index (κ3) is 4.46. The summed E-state index contributed by atoms with van der Waals surface area (Å²) < 4.78 is 5.90. The Morgan fingerprint density at radius 3 is 2.58 bits per heavy atom. The summed E-state index contributed by atoms with van der Waals surface area (Å²) in [7, 11) is 0. The van der Waals surface area contributed by atoms with E-state index >= 15 is 0 Å². The summed E-state index contributed by atoms with van der Waals surface area (Å²) in [6.07, 6.45) is 2.14. The molecular formula is C16H21NOS. The molecule has 0 radical (unpaired) electrons. The number of rotatable bonds is 7. The number of thiophene rings is 1. The van der Waals surface area contributed by atoms with Crippen molar-refractivity contribution in [3.8, 4) is 0 Å². The number of aryl methyl sites for hydroxylation is 2. The van der Waals surface area contributed by atoms with Crippen molar-refractivity contribution in [2.24, 2.45) is 5.73 Å². The minimum absolute atomic E-state index is 0.0504. The van der Waals surface area contributed by atoms with Gasteiger partial charge in [0.1, 0.15) is 6.10 Å². The molecule has 2 rings (SSSR count). The highest BCUT2D eigenvalue weighted by Gasteiger charge is 2.11. The van der Waals surface area contributed by atoms with Crippen LogP contribution in [-0.2, 0) is 11.2 Å². The molecular weight excluding hydrogens is 254 g/mol. The molecule has 0 saturated carbocycles. The summed E-state index contributed by atoms with van der Waals surface area (Å²) in [5.41, 5.74) is 7.15. The molecule has 1 unspecified atom stereocenters. The maximum absolute atomic E-state index is 5.90. The third-order valence-corrected chi connectivity index (χ3v) is 4.16. The van der Waals surface area contributed by atoms with E-state index in [1.165, 1.54) is 15.3 Å². The predicted octanol–water partition coefficient (Wildman–Crippen LogP) is 3.71. The largest absolute Gasteiger partial charge is 0.371 e. The van der Waals surface area contributed by atoms with E-state index in [1.807, 2.05) is 6.07 Å². The second-order valence-electron chi connectivity index (χ2n) is 4.63. The van der Waals surface area contributed by atoms with Gasteiger partial charge in [0, 0.05) is 22.9 Å². The molecule has 0 fully saturated rings. The van der Waals surface area contributed by atoms with Crippen molar-refractivity contribution in [3.63, 3.8) is 0 Å². The van der Waals surface area contributed by atoms with Gasteiger partial charge in [-0.05, 0) is 37.5 Å². The molecule has 2 aromatic rings. The molecule has 19 heavy (non-hydrogen) atoms. The van der Waals surface area contributed by atoms with E-state index in [-0.39, 0.29) is 6.10 Å². The molecule has 0 aliphatic rings. The first-order chi connectivity index (χ1) is 9.29. The summed E-state index contributed by atoms with van der Waals surface area (Å²) in [5, 5.41) is 0. The van der Waals surface area contributed by atoms with E-state index in [2.05, 4.69) is 43.3 Å². The van der Waals surface area contributed by atoms with Gasteiger partial charge >= 0.3 is 0 Å². The second kappa shape index (κ2) is 7.43. The van der Waals surface area contributed by atoms with Crippen LogP contribution < -0.4 is 5.73 Å². The zero-order valence-electron chi connectivity index (χ0n) is 11.3. The quantitative estimate of drug-likeness (QED) is 0.782. The van der Waals surface area contributed by atoms with Crippen LogP contribution in [0.2, 0.25) is 0 Å². The summed E-state index contributed by atoms with van der Waals surface area (Å²) in [6, 6.07) is 14.8. The number of nitrogens with two attached hydrogens (primary N) is 1. The Kier molecular flexibility index (Phi) is 5.58. The van der Waals surface area contributed by atoms with Gasteiger partial charge < -0.3 is 10.5 Å². The Morgan fingerprint density at radius 2 is 1.95 bits per heavy atom. The summed E-state index contributed by atoms with van der Waals surface area (Å²) in [4.78, 5) is 2.54. The zero-order valence-corrected chi connectivity index (χ0v) is 12.2. The lowest BCUT2D eigenvalue weighted by Crippen LogP contribution is -2.15. The molecule has 1 aromatic heterocycles. The molecule has 102 valence electrons. The Hall–Kier alpha value is -1.16. The van der Waals surface area contributed by atoms with Crippen LogP contribution >= 0.6 is 11.3 Å². The van der Waals surface area contributed by atoms with Crippen molar-refractivity contribution in [2.75, 3.05) is 13.2 Å². The maximum Gasteiger partial charge on any atom is 0.104 e. The molecule has 1 heterocycles. The molecule has 2 N–H and O–H groups in total. The number of hydrogen-bond donors (Lipinski definition) is 1. The third-order valence-electron chi connectivity index (χ3n) is 3.06. The van der Waals surface area contributed by atoms with Crippen LogP contribution in [0.1, 0.15) is 27.8 Å². The SMILES string of the molecule is Cc1ccc(C(CN)OCCCc2ccccc2)s1. The standard InChI is InChI=1S/C16H21NOS/c1-13-9-10-16(19-13)15(12-17)18-11-5-8-14-6-3-2-4-7-14/h2-4,6-7,9-10,15H,5,8,11-12,17H2,1H3. The van der Waals surface area contributed by atoms with Gasteiger partial charge in [-0.3, -0.25) is 0 Å². The lowest BCUT2D eigenvalue weighted by atomic mass is 10.1. The highest BCUT2D eigenvalue weighted by Crippen LogP contribution is 2.24. The average molecular weight is 275 g/mol. The van der Waals surface area contributed by atoms with Crippen molar-refractivity contribution in [1.29, 1.82) is 0 Å². The Balaban J connectivity index is 1.75. The van der Waals surface area contributed by atoms with Crippen LogP contribution in [0.25, 0.3) is 0 Å². The minimum atomic E-state index is 0.0504. The van der Waals surface area contributed by atoms with Crippen LogP contribution in [0.15, 0.2) is 42.5 Å². The van der Waals surface area contributed by atoms with Crippen LogP contribution in [0.5, 0.6) is 0 Å². The van der Waals surface area contributed by atoms with E-state index in [4.69, 9.17) is 10.5 Å². The molecule has 0 bridgehead atoms. The number of hydrogen-bond acceptors (Lipinski definition) is 3. The van der Waals surface area contributed by atoms with Crippen molar-refractivity contribution in [2.45, 2.75) is 25.9 Å². The van der Waals surface area contributed by atoms with Gasteiger partial charge in [0.25, 0.3) is 0 Å². The van der Waals surface area contributed by atoms with Gasteiger partial charge in [-0.1, -0.05) is 30.3 Å². The minimum Gasteiger partial charge on any atom is -0.371 e. The first-order valence-corrected chi connectivity index (χ1v) is 7.53. The fourth-order valence-electron chi connectivity index (χ4n) is 2.04. The highest BCUT2D eigenvalue weighted by atomic mass is 32.1. The molecule has 0 amide bonds. The second-order valence-corrected chi connectivity index (χ2v) is 5.95. The molecule has 1 atom stereocenters. The van der Waals surface area contributed by atoms with Crippen molar-refractivity contribution in [1.82, 2.24) is 0 Å². The maximum atomic E-state index is 5.90. The van der Waals surface area contributed by atoms with E-state index in [9.17, 15) is 0 Å². The first kappa shape index (κ1) is 14.3. The van der Waals surface area contributed by atoms with Gasteiger partial charge in [-0.25, -0.2) is 0 Å². The predicted molar refractivity (Wildman–Crippen MR) is 81.6 cm³/mol. The van der Waals surface area contributed by atoms with E-state index < -0.39 is 0 Å². The molecule has 1 aromatic carbocycles. The van der Waals surface area contributed by atoms with Crippen LogP contribution in [0, 0.1) is 6.92 Å². The number of ether oxygens (including phenoxy) is 1. The van der Waals surface area contributed by atoms with Crippen molar-refractivity contribution < 1.29 is 4.74 Å².